The Hall–Kier alpha value is -0.570. The third-order valence-corrected chi connectivity index (χ3v) is 2.30. The normalized spacial score (nSPS) is 16.2. The number of amides is 1. The maximum absolute atomic E-state index is 11.5. The fraction of sp³-hybridized carbons (Fsp3) is 0.500. The van der Waals surface area contributed by atoms with Crippen LogP contribution in [0.1, 0.15) is 25.7 Å². The maximum Gasteiger partial charge on any atom is 0.247 e. The number of carbonyl (C=O) groups is 1. The van der Waals surface area contributed by atoms with Crippen molar-refractivity contribution in [3.8, 4) is 0 Å². The first-order chi connectivity index (χ1) is 6.20. The average molecular weight is 244 g/mol. The molecular formula is C10H14BrNO. The zero-order valence-corrected chi connectivity index (χ0v) is 9.19. The van der Waals surface area contributed by atoms with Crippen molar-refractivity contribution in [2.45, 2.75) is 25.7 Å². The highest BCUT2D eigenvalue weighted by molar-refractivity contribution is 9.11. The van der Waals surface area contributed by atoms with Crippen LogP contribution in [0.25, 0.3) is 0 Å². The van der Waals surface area contributed by atoms with E-state index in [2.05, 4.69) is 27.8 Å². The van der Waals surface area contributed by atoms with Gasteiger partial charge in [-0.25, -0.2) is 0 Å². The second kappa shape index (κ2) is 5.22. The van der Waals surface area contributed by atoms with Gasteiger partial charge in [-0.05, 0) is 25.7 Å². The minimum absolute atomic E-state index is 0.0558. The molecule has 0 spiro atoms. The third kappa shape index (κ3) is 3.77. The summed E-state index contributed by atoms with van der Waals surface area (Å²) in [5.41, 5.74) is 0.931. The van der Waals surface area contributed by atoms with Crippen molar-refractivity contribution in [1.82, 2.24) is 5.32 Å². The van der Waals surface area contributed by atoms with Crippen molar-refractivity contribution >= 4 is 21.8 Å². The van der Waals surface area contributed by atoms with Crippen LogP contribution in [0.15, 0.2) is 22.7 Å². The van der Waals surface area contributed by atoms with E-state index in [-0.39, 0.29) is 5.91 Å². The molecule has 13 heavy (non-hydrogen) atoms. The summed E-state index contributed by atoms with van der Waals surface area (Å²) >= 11 is 3.20. The highest BCUT2D eigenvalue weighted by Gasteiger charge is 2.11. The number of halogens is 1. The van der Waals surface area contributed by atoms with Crippen LogP contribution >= 0.6 is 15.9 Å². The van der Waals surface area contributed by atoms with E-state index < -0.39 is 0 Å². The Bertz CT molecular complexity index is 245. The Morgan fingerprint density at radius 1 is 1.62 bits per heavy atom. The van der Waals surface area contributed by atoms with Gasteiger partial charge in [0.15, 0.2) is 0 Å². The third-order valence-electron chi connectivity index (χ3n) is 2.02. The maximum atomic E-state index is 11.5. The predicted molar refractivity (Wildman–Crippen MR) is 57.6 cm³/mol. The topological polar surface area (TPSA) is 29.1 Å². The predicted octanol–water partition coefficient (Wildman–Crippen LogP) is 2.51. The fourth-order valence-electron chi connectivity index (χ4n) is 1.33. The van der Waals surface area contributed by atoms with Gasteiger partial charge in [-0.2, -0.15) is 0 Å². The minimum Gasteiger partial charge on any atom is -0.348 e. The summed E-state index contributed by atoms with van der Waals surface area (Å²) in [4.78, 5) is 11.5. The Morgan fingerprint density at radius 2 is 2.38 bits per heavy atom. The Labute approximate surface area is 87.2 Å². The molecule has 0 radical (unpaired) electrons. The van der Waals surface area contributed by atoms with E-state index in [9.17, 15) is 4.79 Å². The van der Waals surface area contributed by atoms with Crippen molar-refractivity contribution in [3.05, 3.63) is 22.7 Å². The lowest BCUT2D eigenvalue weighted by Gasteiger charge is -2.12. The molecule has 0 saturated heterocycles. The Kier molecular flexibility index (Phi) is 4.22. The van der Waals surface area contributed by atoms with Gasteiger partial charge in [0.1, 0.15) is 0 Å². The van der Waals surface area contributed by atoms with Crippen LogP contribution in [0, 0.1) is 0 Å². The first kappa shape index (κ1) is 10.5. The minimum atomic E-state index is 0.0558. The summed E-state index contributed by atoms with van der Waals surface area (Å²) in [5.74, 6) is 0.0558. The van der Waals surface area contributed by atoms with Crippen LogP contribution in [0.4, 0.5) is 0 Å². The smallest absolute Gasteiger partial charge is 0.247 e. The zero-order valence-electron chi connectivity index (χ0n) is 7.61. The summed E-state index contributed by atoms with van der Waals surface area (Å²) in [7, 11) is 0. The summed E-state index contributed by atoms with van der Waals surface area (Å²) < 4.78 is 0.803. The highest BCUT2D eigenvalue weighted by Crippen LogP contribution is 2.17. The lowest BCUT2D eigenvalue weighted by atomic mass is 9.99. The second-order valence-electron chi connectivity index (χ2n) is 3.18. The molecule has 1 rings (SSSR count). The molecule has 0 aromatic heterocycles. The van der Waals surface area contributed by atoms with E-state index in [0.29, 0.717) is 6.54 Å². The van der Waals surface area contributed by atoms with E-state index in [1.54, 1.807) is 0 Å². The lowest BCUT2D eigenvalue weighted by Crippen LogP contribution is -2.26. The molecule has 1 aliphatic carbocycles. The van der Waals surface area contributed by atoms with Gasteiger partial charge in [0.25, 0.3) is 0 Å². The van der Waals surface area contributed by atoms with E-state index >= 15 is 0 Å². The van der Waals surface area contributed by atoms with E-state index in [1.165, 1.54) is 6.42 Å². The number of hydrogen-bond acceptors (Lipinski definition) is 1. The molecule has 0 atom stereocenters. The van der Waals surface area contributed by atoms with Crippen LogP contribution in [-0.2, 0) is 4.79 Å². The van der Waals surface area contributed by atoms with Crippen molar-refractivity contribution in [2.75, 3.05) is 6.54 Å². The molecule has 0 bridgehead atoms. The molecule has 3 heteroatoms. The van der Waals surface area contributed by atoms with E-state index in [1.807, 2.05) is 6.08 Å². The van der Waals surface area contributed by atoms with Crippen molar-refractivity contribution in [1.29, 1.82) is 0 Å². The summed E-state index contributed by atoms with van der Waals surface area (Å²) in [6, 6.07) is 0. The summed E-state index contributed by atoms with van der Waals surface area (Å²) in [5, 5.41) is 2.80. The van der Waals surface area contributed by atoms with Gasteiger partial charge in [-0.1, -0.05) is 28.6 Å². The SMILES string of the molecule is C=C(Br)CNC(=O)C1=CCCCC1. The number of carbonyl (C=O) groups excluding carboxylic acids is 1. The summed E-state index contributed by atoms with van der Waals surface area (Å²) in [6.07, 6.45) is 6.34. The molecule has 1 N–H and O–H groups in total. The highest BCUT2D eigenvalue weighted by atomic mass is 79.9. The molecule has 0 aromatic carbocycles. The van der Waals surface area contributed by atoms with Gasteiger partial charge in [-0.3, -0.25) is 4.79 Å². The molecule has 0 unspecified atom stereocenters. The molecule has 0 fully saturated rings. The number of allylic oxidation sites excluding steroid dienone is 1. The quantitative estimate of drug-likeness (QED) is 0.811. The van der Waals surface area contributed by atoms with Crippen LogP contribution < -0.4 is 5.32 Å². The van der Waals surface area contributed by atoms with Gasteiger partial charge in [-0.15, -0.1) is 0 Å². The van der Waals surface area contributed by atoms with Crippen LogP contribution in [0.3, 0.4) is 0 Å². The molecule has 1 aliphatic rings. The standard InChI is InChI=1S/C10H14BrNO/c1-8(11)7-12-10(13)9-5-3-2-4-6-9/h5H,1-4,6-7H2,(H,12,13). The van der Waals surface area contributed by atoms with Crippen LogP contribution in [0.2, 0.25) is 0 Å². The van der Waals surface area contributed by atoms with Crippen molar-refractivity contribution < 1.29 is 4.79 Å². The molecule has 0 saturated carbocycles. The first-order valence-corrected chi connectivity index (χ1v) is 5.30. The Morgan fingerprint density at radius 3 is 2.92 bits per heavy atom. The van der Waals surface area contributed by atoms with Crippen LogP contribution in [0.5, 0.6) is 0 Å². The molecule has 0 aliphatic heterocycles. The molecule has 0 aromatic rings. The number of nitrogens with one attached hydrogen (secondary N) is 1. The van der Waals surface area contributed by atoms with Gasteiger partial charge < -0.3 is 5.32 Å². The lowest BCUT2D eigenvalue weighted by molar-refractivity contribution is -0.117. The largest absolute Gasteiger partial charge is 0.348 e. The number of rotatable bonds is 3. The molecule has 2 nitrogen and oxygen atoms in total. The first-order valence-electron chi connectivity index (χ1n) is 4.50. The monoisotopic (exact) mass is 243 g/mol. The fourth-order valence-corrected chi connectivity index (χ4v) is 1.47. The Balaban J connectivity index is 2.38. The molecule has 0 heterocycles. The average Bonchev–Trinajstić information content (AvgIpc) is 2.15. The number of hydrogen-bond donors (Lipinski definition) is 1. The summed E-state index contributed by atoms with van der Waals surface area (Å²) in [6.45, 7) is 4.16. The molecule has 72 valence electrons. The van der Waals surface area contributed by atoms with Crippen molar-refractivity contribution in [2.24, 2.45) is 0 Å². The van der Waals surface area contributed by atoms with E-state index in [4.69, 9.17) is 0 Å². The molecular weight excluding hydrogens is 230 g/mol. The van der Waals surface area contributed by atoms with Gasteiger partial charge >= 0.3 is 0 Å². The van der Waals surface area contributed by atoms with E-state index in [0.717, 1.165) is 29.3 Å². The van der Waals surface area contributed by atoms with Gasteiger partial charge in [0.2, 0.25) is 5.91 Å². The zero-order chi connectivity index (χ0) is 9.68. The van der Waals surface area contributed by atoms with Crippen molar-refractivity contribution in [3.63, 3.8) is 0 Å². The van der Waals surface area contributed by atoms with Crippen LogP contribution in [-0.4, -0.2) is 12.5 Å². The van der Waals surface area contributed by atoms with Gasteiger partial charge in [0.05, 0.1) is 0 Å². The molecule has 1 amide bonds. The van der Waals surface area contributed by atoms with Gasteiger partial charge in [0, 0.05) is 16.6 Å². The second-order valence-corrected chi connectivity index (χ2v) is 4.30.